The second-order valence-electron chi connectivity index (χ2n) is 6.59. The van der Waals surface area contributed by atoms with E-state index >= 15 is 0 Å². The lowest BCUT2D eigenvalue weighted by molar-refractivity contribution is -0.159. The molecule has 114 valence electrons. The van der Waals surface area contributed by atoms with Crippen molar-refractivity contribution in [1.82, 2.24) is 0 Å². The molecule has 1 saturated carbocycles. The number of carboxylic acids is 1. The lowest BCUT2D eigenvalue weighted by Crippen LogP contribution is -2.50. The molecule has 2 aliphatic rings. The van der Waals surface area contributed by atoms with Crippen molar-refractivity contribution in [2.24, 2.45) is 17.3 Å². The number of benzene rings is 1. The van der Waals surface area contributed by atoms with E-state index in [1.54, 1.807) is 0 Å². The fraction of sp³-hybridized carbons (Fsp3) is 0.611. The minimum absolute atomic E-state index is 0.238. The third-order valence-electron chi connectivity index (χ3n) is 5.53. The highest BCUT2D eigenvalue weighted by Crippen LogP contribution is 2.48. The van der Waals surface area contributed by atoms with Crippen molar-refractivity contribution in [1.29, 1.82) is 0 Å². The topological polar surface area (TPSA) is 46.5 Å². The first-order valence-corrected chi connectivity index (χ1v) is 8.11. The van der Waals surface area contributed by atoms with Crippen LogP contribution in [0, 0.1) is 17.3 Å². The SMILES string of the molecule is CCC1CCCCC1C1(C(=O)O)COc2ccccc2C1. The van der Waals surface area contributed by atoms with Gasteiger partial charge in [0.25, 0.3) is 0 Å². The van der Waals surface area contributed by atoms with Gasteiger partial charge in [-0.05, 0) is 36.3 Å². The van der Waals surface area contributed by atoms with E-state index in [4.69, 9.17) is 4.74 Å². The Hall–Kier alpha value is -1.51. The summed E-state index contributed by atoms with van der Waals surface area (Å²) in [5.74, 6) is 0.936. The normalized spacial score (nSPS) is 32.0. The highest BCUT2D eigenvalue weighted by atomic mass is 16.5. The van der Waals surface area contributed by atoms with Crippen LogP contribution in [0.1, 0.15) is 44.6 Å². The fourth-order valence-electron chi connectivity index (χ4n) is 4.35. The highest BCUT2D eigenvalue weighted by molar-refractivity contribution is 5.76. The lowest BCUT2D eigenvalue weighted by Gasteiger charge is -2.45. The summed E-state index contributed by atoms with van der Waals surface area (Å²) in [6, 6.07) is 7.87. The molecular formula is C18H24O3. The first-order chi connectivity index (χ1) is 10.2. The van der Waals surface area contributed by atoms with Crippen LogP contribution in [0.15, 0.2) is 24.3 Å². The summed E-state index contributed by atoms with van der Waals surface area (Å²) in [5.41, 5.74) is 0.307. The standard InChI is InChI=1S/C18H24O3/c1-2-13-7-3-5-9-15(13)18(17(19)20)11-14-8-4-6-10-16(14)21-12-18/h4,6,8,10,13,15H,2-3,5,7,9,11-12H2,1H3,(H,19,20). The molecule has 3 rings (SSSR count). The van der Waals surface area contributed by atoms with Gasteiger partial charge in [0.1, 0.15) is 17.8 Å². The van der Waals surface area contributed by atoms with Gasteiger partial charge in [-0.1, -0.05) is 50.8 Å². The fourth-order valence-corrected chi connectivity index (χ4v) is 4.35. The van der Waals surface area contributed by atoms with Gasteiger partial charge in [-0.25, -0.2) is 0 Å². The maximum Gasteiger partial charge on any atom is 0.313 e. The quantitative estimate of drug-likeness (QED) is 0.917. The Morgan fingerprint density at radius 3 is 2.86 bits per heavy atom. The minimum Gasteiger partial charge on any atom is -0.492 e. The van der Waals surface area contributed by atoms with E-state index in [0.29, 0.717) is 18.9 Å². The van der Waals surface area contributed by atoms with Gasteiger partial charge in [0.15, 0.2) is 0 Å². The Labute approximate surface area is 126 Å². The van der Waals surface area contributed by atoms with Gasteiger partial charge in [0.05, 0.1) is 0 Å². The third-order valence-corrected chi connectivity index (χ3v) is 5.53. The molecule has 0 saturated heterocycles. The second kappa shape index (κ2) is 5.70. The molecule has 1 aliphatic carbocycles. The van der Waals surface area contributed by atoms with Crippen LogP contribution in [0.4, 0.5) is 0 Å². The number of ether oxygens (including phenoxy) is 1. The van der Waals surface area contributed by atoms with Crippen molar-refractivity contribution in [3.63, 3.8) is 0 Å². The summed E-state index contributed by atoms with van der Waals surface area (Å²) in [5, 5.41) is 10.00. The van der Waals surface area contributed by atoms with Gasteiger partial charge in [-0.15, -0.1) is 0 Å². The van der Waals surface area contributed by atoms with Gasteiger partial charge < -0.3 is 9.84 Å². The monoisotopic (exact) mass is 288 g/mol. The zero-order valence-corrected chi connectivity index (χ0v) is 12.7. The minimum atomic E-state index is -0.741. The summed E-state index contributed by atoms with van der Waals surface area (Å²) >= 11 is 0. The molecule has 0 aromatic heterocycles. The molecule has 0 radical (unpaired) electrons. The van der Waals surface area contributed by atoms with E-state index in [1.807, 2.05) is 24.3 Å². The summed E-state index contributed by atoms with van der Waals surface area (Å²) in [7, 11) is 0. The number of hydrogen-bond acceptors (Lipinski definition) is 2. The molecule has 3 unspecified atom stereocenters. The van der Waals surface area contributed by atoms with E-state index in [-0.39, 0.29) is 5.92 Å². The molecule has 1 aromatic rings. The number of carboxylic acid groups (broad SMARTS) is 1. The van der Waals surface area contributed by atoms with Crippen molar-refractivity contribution in [3.05, 3.63) is 29.8 Å². The van der Waals surface area contributed by atoms with Gasteiger partial charge in [0.2, 0.25) is 0 Å². The van der Waals surface area contributed by atoms with Gasteiger partial charge in [-0.3, -0.25) is 4.79 Å². The average Bonchev–Trinajstić information content (AvgIpc) is 2.54. The summed E-state index contributed by atoms with van der Waals surface area (Å²) in [6.07, 6.45) is 6.26. The van der Waals surface area contributed by atoms with Crippen LogP contribution in [0.25, 0.3) is 0 Å². The maximum atomic E-state index is 12.2. The number of fused-ring (bicyclic) bond motifs is 1. The molecule has 3 nitrogen and oxygen atoms in total. The number of carbonyl (C=O) groups is 1. The van der Waals surface area contributed by atoms with E-state index in [9.17, 15) is 9.90 Å². The second-order valence-corrected chi connectivity index (χ2v) is 6.59. The Morgan fingerprint density at radius 1 is 1.33 bits per heavy atom. The van der Waals surface area contributed by atoms with Gasteiger partial charge in [-0.2, -0.15) is 0 Å². The molecule has 3 heteroatoms. The van der Waals surface area contributed by atoms with Crippen molar-refractivity contribution in [3.8, 4) is 5.75 Å². The zero-order chi connectivity index (χ0) is 14.9. The predicted octanol–water partition coefficient (Wildman–Crippen LogP) is 3.91. The molecule has 1 fully saturated rings. The lowest BCUT2D eigenvalue weighted by atomic mass is 9.60. The molecule has 21 heavy (non-hydrogen) atoms. The molecule has 1 aliphatic heterocycles. The van der Waals surface area contributed by atoms with Crippen LogP contribution in [0.2, 0.25) is 0 Å². The largest absolute Gasteiger partial charge is 0.492 e. The predicted molar refractivity (Wildman–Crippen MR) is 81.4 cm³/mol. The van der Waals surface area contributed by atoms with Crippen LogP contribution in [-0.4, -0.2) is 17.7 Å². The molecular weight excluding hydrogens is 264 g/mol. The molecule has 3 atom stereocenters. The van der Waals surface area contributed by atoms with Crippen molar-refractivity contribution in [2.75, 3.05) is 6.61 Å². The van der Waals surface area contributed by atoms with Crippen LogP contribution in [-0.2, 0) is 11.2 Å². The number of rotatable bonds is 3. The van der Waals surface area contributed by atoms with E-state index in [0.717, 1.165) is 37.0 Å². The van der Waals surface area contributed by atoms with Crippen molar-refractivity contribution < 1.29 is 14.6 Å². The summed E-state index contributed by atoms with van der Waals surface area (Å²) in [6.45, 7) is 2.51. The Kier molecular flexibility index (Phi) is 3.92. The summed E-state index contributed by atoms with van der Waals surface area (Å²) < 4.78 is 5.87. The van der Waals surface area contributed by atoms with Gasteiger partial charge >= 0.3 is 5.97 Å². The van der Waals surface area contributed by atoms with Crippen molar-refractivity contribution in [2.45, 2.75) is 45.4 Å². The van der Waals surface area contributed by atoms with Gasteiger partial charge in [0, 0.05) is 0 Å². The van der Waals surface area contributed by atoms with Crippen LogP contribution >= 0.6 is 0 Å². The number of para-hydroxylation sites is 1. The van der Waals surface area contributed by atoms with E-state index in [1.165, 1.54) is 6.42 Å². The molecule has 0 bridgehead atoms. The first kappa shape index (κ1) is 14.4. The van der Waals surface area contributed by atoms with E-state index in [2.05, 4.69) is 6.92 Å². The van der Waals surface area contributed by atoms with Crippen LogP contribution < -0.4 is 4.74 Å². The highest BCUT2D eigenvalue weighted by Gasteiger charge is 2.51. The number of aliphatic carboxylic acids is 1. The smallest absolute Gasteiger partial charge is 0.313 e. The maximum absolute atomic E-state index is 12.2. The molecule has 1 heterocycles. The zero-order valence-electron chi connectivity index (χ0n) is 12.7. The molecule has 0 amide bonds. The first-order valence-electron chi connectivity index (χ1n) is 8.11. The Balaban J connectivity index is 1.96. The molecule has 0 spiro atoms. The van der Waals surface area contributed by atoms with E-state index < -0.39 is 11.4 Å². The van der Waals surface area contributed by atoms with Crippen LogP contribution in [0.3, 0.4) is 0 Å². The molecule has 1 N–H and O–H groups in total. The number of hydrogen-bond donors (Lipinski definition) is 1. The van der Waals surface area contributed by atoms with Crippen molar-refractivity contribution >= 4 is 5.97 Å². The summed E-state index contributed by atoms with van der Waals surface area (Å²) in [4.78, 5) is 12.2. The Bertz CT molecular complexity index is 525. The van der Waals surface area contributed by atoms with Crippen LogP contribution in [0.5, 0.6) is 5.75 Å². The molecule has 1 aromatic carbocycles. The average molecular weight is 288 g/mol. The Morgan fingerprint density at radius 2 is 2.10 bits per heavy atom. The third kappa shape index (κ3) is 2.43.